The Balaban J connectivity index is 2.59. The normalized spacial score (nSPS) is 9.65. The van der Waals surface area contributed by atoms with Gasteiger partial charge in [0.15, 0.2) is 0 Å². The van der Waals surface area contributed by atoms with Crippen molar-refractivity contribution in [2.45, 2.75) is 19.3 Å². The Labute approximate surface area is 113 Å². The van der Waals surface area contributed by atoms with Crippen molar-refractivity contribution in [3.63, 3.8) is 0 Å². The smallest absolute Gasteiger partial charge is 0.339 e. The number of unbranched alkanes of at least 4 members (excludes halogenated alkanes) is 2. The minimum Gasteiger partial charge on any atom is -0.493 e. The molecule has 0 saturated heterocycles. The quantitative estimate of drug-likeness (QED) is 0.635. The first-order valence-electron chi connectivity index (χ1n) is 5.17. The molecule has 4 nitrogen and oxygen atoms in total. The number of ether oxygens (including phenoxy) is 1. The first-order valence-corrected chi connectivity index (χ1v) is 6.25. The molecule has 0 spiro atoms. The Morgan fingerprint density at radius 3 is 2.88 bits per heavy atom. The molecular formula is C12H12INO3. The lowest BCUT2D eigenvalue weighted by molar-refractivity contribution is 0.0692. The van der Waals surface area contributed by atoms with Gasteiger partial charge in [-0.3, -0.25) is 0 Å². The maximum atomic E-state index is 11.0. The number of carboxylic acid groups (broad SMARTS) is 1. The van der Waals surface area contributed by atoms with E-state index in [1.54, 1.807) is 18.2 Å². The molecule has 0 aliphatic rings. The molecule has 90 valence electrons. The summed E-state index contributed by atoms with van der Waals surface area (Å²) in [5, 5.41) is 17.4. The molecule has 0 bridgehead atoms. The number of hydrogen-bond acceptors (Lipinski definition) is 3. The van der Waals surface area contributed by atoms with Gasteiger partial charge >= 0.3 is 5.97 Å². The van der Waals surface area contributed by atoms with E-state index in [2.05, 4.69) is 28.7 Å². The summed E-state index contributed by atoms with van der Waals surface area (Å²) in [4.78, 5) is 11.0. The van der Waals surface area contributed by atoms with Crippen molar-refractivity contribution in [3.8, 4) is 11.8 Å². The molecule has 0 atom stereocenters. The van der Waals surface area contributed by atoms with E-state index < -0.39 is 5.97 Å². The Morgan fingerprint density at radius 2 is 2.24 bits per heavy atom. The Hall–Kier alpha value is -1.29. The van der Waals surface area contributed by atoms with Gasteiger partial charge in [-0.15, -0.1) is 0 Å². The average Bonchev–Trinajstić information content (AvgIpc) is 2.30. The third kappa shape index (κ3) is 4.61. The minimum absolute atomic E-state index is 0.178. The fraction of sp³-hybridized carbons (Fsp3) is 0.333. The van der Waals surface area contributed by atoms with Gasteiger partial charge in [-0.25, -0.2) is 4.79 Å². The van der Waals surface area contributed by atoms with Crippen molar-refractivity contribution in [1.29, 1.82) is 5.26 Å². The summed E-state index contributed by atoms with van der Waals surface area (Å²) < 4.78 is 6.26. The van der Waals surface area contributed by atoms with Crippen LogP contribution in [0.15, 0.2) is 18.2 Å². The third-order valence-corrected chi connectivity index (χ3v) is 2.78. The first-order chi connectivity index (χ1) is 8.15. The van der Waals surface area contributed by atoms with E-state index in [1.807, 2.05) is 0 Å². The second-order valence-corrected chi connectivity index (χ2v) is 4.65. The van der Waals surface area contributed by atoms with E-state index in [0.29, 0.717) is 18.8 Å². The van der Waals surface area contributed by atoms with Crippen LogP contribution in [0.3, 0.4) is 0 Å². The van der Waals surface area contributed by atoms with Crippen LogP contribution in [0.4, 0.5) is 0 Å². The van der Waals surface area contributed by atoms with Crippen LogP contribution >= 0.6 is 22.6 Å². The van der Waals surface area contributed by atoms with Gasteiger partial charge in [0.05, 0.1) is 12.7 Å². The average molecular weight is 345 g/mol. The molecule has 0 aromatic heterocycles. The SMILES string of the molecule is N#CCCCCOc1ccc(I)cc1C(=O)O. The van der Waals surface area contributed by atoms with Crippen LogP contribution in [0.1, 0.15) is 29.6 Å². The number of nitrogens with zero attached hydrogens (tertiary/aromatic N) is 1. The van der Waals surface area contributed by atoms with Crippen molar-refractivity contribution in [1.82, 2.24) is 0 Å². The highest BCUT2D eigenvalue weighted by Crippen LogP contribution is 2.21. The van der Waals surface area contributed by atoms with Crippen molar-refractivity contribution in [3.05, 3.63) is 27.3 Å². The van der Waals surface area contributed by atoms with E-state index in [0.717, 1.165) is 16.4 Å². The van der Waals surface area contributed by atoms with Crippen LogP contribution in [0.2, 0.25) is 0 Å². The Kier molecular flexibility index (Phi) is 5.77. The van der Waals surface area contributed by atoms with Crippen LogP contribution in [-0.2, 0) is 0 Å². The predicted molar refractivity (Wildman–Crippen MR) is 71.1 cm³/mol. The van der Waals surface area contributed by atoms with Crippen LogP contribution in [0.25, 0.3) is 0 Å². The van der Waals surface area contributed by atoms with Gasteiger partial charge in [-0.2, -0.15) is 5.26 Å². The summed E-state index contributed by atoms with van der Waals surface area (Å²) in [6.07, 6.45) is 2.02. The predicted octanol–water partition coefficient (Wildman–Crippen LogP) is 3.06. The number of aromatic carboxylic acids is 1. The molecule has 5 heteroatoms. The summed E-state index contributed by atoms with van der Waals surface area (Å²) in [5.41, 5.74) is 0.178. The van der Waals surface area contributed by atoms with Gasteiger partial charge in [0, 0.05) is 9.99 Å². The van der Waals surface area contributed by atoms with Crippen LogP contribution < -0.4 is 4.74 Å². The second kappa shape index (κ2) is 7.12. The lowest BCUT2D eigenvalue weighted by Gasteiger charge is -2.08. The van der Waals surface area contributed by atoms with Gasteiger partial charge in [0.25, 0.3) is 0 Å². The van der Waals surface area contributed by atoms with Gasteiger partial charge in [0.2, 0.25) is 0 Å². The molecule has 0 fully saturated rings. The van der Waals surface area contributed by atoms with E-state index in [-0.39, 0.29) is 5.56 Å². The zero-order valence-corrected chi connectivity index (χ0v) is 11.3. The van der Waals surface area contributed by atoms with E-state index >= 15 is 0 Å². The Bertz CT molecular complexity index is 440. The number of benzene rings is 1. The minimum atomic E-state index is -0.990. The highest BCUT2D eigenvalue weighted by Gasteiger charge is 2.11. The van der Waals surface area contributed by atoms with Crippen molar-refractivity contribution < 1.29 is 14.6 Å². The number of halogens is 1. The maximum Gasteiger partial charge on any atom is 0.339 e. The van der Waals surface area contributed by atoms with Crippen LogP contribution in [-0.4, -0.2) is 17.7 Å². The molecule has 17 heavy (non-hydrogen) atoms. The molecule has 1 rings (SSSR count). The molecule has 0 heterocycles. The highest BCUT2D eigenvalue weighted by atomic mass is 127. The first kappa shape index (κ1) is 13.8. The van der Waals surface area contributed by atoms with Gasteiger partial charge in [-0.1, -0.05) is 0 Å². The lowest BCUT2D eigenvalue weighted by atomic mass is 10.2. The van der Waals surface area contributed by atoms with Crippen molar-refractivity contribution >= 4 is 28.6 Å². The summed E-state index contributed by atoms with van der Waals surface area (Å²) in [7, 11) is 0. The summed E-state index contributed by atoms with van der Waals surface area (Å²) >= 11 is 2.06. The number of nitriles is 1. The molecular weight excluding hydrogens is 333 g/mol. The molecule has 0 aliphatic carbocycles. The zero-order valence-electron chi connectivity index (χ0n) is 9.15. The molecule has 0 unspecified atom stereocenters. The summed E-state index contributed by atoms with van der Waals surface area (Å²) in [5.74, 6) is -0.606. The van der Waals surface area contributed by atoms with E-state index in [9.17, 15) is 4.79 Å². The summed E-state index contributed by atoms with van der Waals surface area (Å²) in [6, 6.07) is 7.10. The van der Waals surface area contributed by atoms with Crippen molar-refractivity contribution in [2.24, 2.45) is 0 Å². The molecule has 0 amide bonds. The van der Waals surface area contributed by atoms with E-state index in [4.69, 9.17) is 15.1 Å². The number of carbonyl (C=O) groups is 1. The zero-order chi connectivity index (χ0) is 12.7. The fourth-order valence-electron chi connectivity index (χ4n) is 1.28. The second-order valence-electron chi connectivity index (χ2n) is 3.41. The van der Waals surface area contributed by atoms with Crippen LogP contribution in [0.5, 0.6) is 5.75 Å². The Morgan fingerprint density at radius 1 is 1.47 bits per heavy atom. The lowest BCUT2D eigenvalue weighted by Crippen LogP contribution is -2.04. The number of rotatable bonds is 6. The van der Waals surface area contributed by atoms with Gasteiger partial charge in [0.1, 0.15) is 11.3 Å². The van der Waals surface area contributed by atoms with Crippen molar-refractivity contribution in [2.75, 3.05) is 6.61 Å². The maximum absolute atomic E-state index is 11.0. The highest BCUT2D eigenvalue weighted by molar-refractivity contribution is 14.1. The monoisotopic (exact) mass is 345 g/mol. The van der Waals surface area contributed by atoms with Crippen LogP contribution in [0, 0.1) is 14.9 Å². The molecule has 1 aromatic carbocycles. The molecule has 0 saturated carbocycles. The fourth-order valence-corrected chi connectivity index (χ4v) is 1.77. The molecule has 1 aromatic rings. The number of carboxylic acids is 1. The molecule has 0 radical (unpaired) electrons. The van der Waals surface area contributed by atoms with Gasteiger partial charge < -0.3 is 9.84 Å². The standard InChI is InChI=1S/C12H12INO3/c13-9-4-5-11(10(8-9)12(15)16)17-7-3-1-2-6-14/h4-5,8H,1-3,7H2,(H,15,16). The summed E-state index contributed by atoms with van der Waals surface area (Å²) in [6.45, 7) is 0.433. The molecule has 0 aliphatic heterocycles. The third-order valence-electron chi connectivity index (χ3n) is 2.11. The largest absolute Gasteiger partial charge is 0.493 e. The van der Waals surface area contributed by atoms with Gasteiger partial charge in [-0.05, 0) is 53.6 Å². The van der Waals surface area contributed by atoms with E-state index in [1.165, 1.54) is 0 Å². The topological polar surface area (TPSA) is 70.3 Å². The number of hydrogen-bond donors (Lipinski definition) is 1. The molecule has 1 N–H and O–H groups in total.